The van der Waals surface area contributed by atoms with E-state index < -0.39 is 5.91 Å². The number of amides is 1. The van der Waals surface area contributed by atoms with Crippen LogP contribution in [0, 0.1) is 13.8 Å². The van der Waals surface area contributed by atoms with Crippen molar-refractivity contribution in [3.8, 4) is 0 Å². The number of aliphatic hydroxyl groups is 1. The second-order valence-corrected chi connectivity index (χ2v) is 7.32. The minimum absolute atomic E-state index is 0.0109. The Morgan fingerprint density at radius 1 is 1.33 bits per heavy atom. The summed E-state index contributed by atoms with van der Waals surface area (Å²) in [6.07, 6.45) is 11.7. The molecule has 0 aliphatic rings. The molecule has 1 aromatic rings. The van der Waals surface area contributed by atoms with E-state index in [0.717, 1.165) is 32.3 Å². The van der Waals surface area contributed by atoms with Gasteiger partial charge in [0.25, 0.3) is 5.91 Å². The minimum atomic E-state index is -0.421. The highest BCUT2D eigenvalue weighted by molar-refractivity contribution is 8.03. The summed E-state index contributed by atoms with van der Waals surface area (Å²) in [5.41, 5.74) is 9.88. The van der Waals surface area contributed by atoms with Gasteiger partial charge in [0, 0.05) is 17.1 Å². The van der Waals surface area contributed by atoms with Crippen LogP contribution in [-0.4, -0.2) is 22.2 Å². The van der Waals surface area contributed by atoms with Crippen LogP contribution < -0.4 is 5.73 Å². The van der Waals surface area contributed by atoms with Crippen molar-refractivity contribution in [3.63, 3.8) is 0 Å². The molecule has 0 spiro atoms. The summed E-state index contributed by atoms with van der Waals surface area (Å²) in [5.74, 6) is -0.421. The molecule has 1 rings (SSSR count). The molecule has 0 fully saturated rings. The van der Waals surface area contributed by atoms with Gasteiger partial charge < -0.3 is 15.4 Å². The van der Waals surface area contributed by atoms with Crippen molar-refractivity contribution in [2.24, 2.45) is 5.73 Å². The second kappa shape index (κ2) is 10.8. The number of thioether (sulfide) groups is 1. The maximum absolute atomic E-state index is 12.0. The number of aliphatic hydroxyl groups excluding tert-OH is 1. The summed E-state index contributed by atoms with van der Waals surface area (Å²) in [6, 6.07) is 0. The molecule has 27 heavy (non-hydrogen) atoms. The van der Waals surface area contributed by atoms with Crippen LogP contribution in [0.25, 0.3) is 0 Å². The molecule has 1 amide bonds. The molecular formula is C22H30N2O2S. The lowest BCUT2D eigenvalue weighted by atomic mass is 10.1. The Labute approximate surface area is 166 Å². The second-order valence-electron chi connectivity index (χ2n) is 6.26. The van der Waals surface area contributed by atoms with Crippen LogP contribution in [0.3, 0.4) is 0 Å². The van der Waals surface area contributed by atoms with E-state index >= 15 is 0 Å². The SMILES string of the molecule is C=C/C=C(\C=C/C)Cn1c(C)c(C(N)=O)c(C)c1SC(/C=C(\C)CO)=C/C. The van der Waals surface area contributed by atoms with E-state index in [4.69, 9.17) is 5.73 Å². The molecule has 0 saturated carbocycles. The molecule has 1 aromatic heterocycles. The first kappa shape index (κ1) is 22.8. The highest BCUT2D eigenvalue weighted by Crippen LogP contribution is 2.36. The van der Waals surface area contributed by atoms with E-state index in [-0.39, 0.29) is 6.61 Å². The highest BCUT2D eigenvalue weighted by atomic mass is 32.2. The molecule has 0 radical (unpaired) electrons. The van der Waals surface area contributed by atoms with E-state index in [9.17, 15) is 9.90 Å². The van der Waals surface area contributed by atoms with Crippen LogP contribution in [0.2, 0.25) is 0 Å². The lowest BCUT2D eigenvalue weighted by Gasteiger charge is -2.13. The van der Waals surface area contributed by atoms with Gasteiger partial charge in [-0.2, -0.15) is 0 Å². The number of nitrogens with two attached hydrogens (primary N) is 1. The largest absolute Gasteiger partial charge is 0.392 e. The molecule has 0 bridgehead atoms. The number of aromatic nitrogens is 1. The van der Waals surface area contributed by atoms with Crippen molar-refractivity contribution in [1.29, 1.82) is 0 Å². The van der Waals surface area contributed by atoms with Gasteiger partial charge in [0.15, 0.2) is 0 Å². The zero-order valence-corrected chi connectivity index (χ0v) is 17.7. The Hall–Kier alpha value is -2.24. The molecule has 4 nitrogen and oxygen atoms in total. The van der Waals surface area contributed by atoms with E-state index in [0.29, 0.717) is 12.1 Å². The average molecular weight is 387 g/mol. The zero-order valence-electron chi connectivity index (χ0n) is 16.9. The van der Waals surface area contributed by atoms with Crippen LogP contribution in [0.15, 0.2) is 64.1 Å². The highest BCUT2D eigenvalue weighted by Gasteiger charge is 2.22. The first-order valence-corrected chi connectivity index (χ1v) is 9.68. The molecule has 0 atom stereocenters. The number of hydrogen-bond donors (Lipinski definition) is 2. The van der Waals surface area contributed by atoms with Crippen molar-refractivity contribution in [3.05, 3.63) is 75.9 Å². The van der Waals surface area contributed by atoms with Crippen molar-refractivity contribution in [2.45, 2.75) is 46.2 Å². The summed E-state index contributed by atoms with van der Waals surface area (Å²) in [4.78, 5) is 13.0. The van der Waals surface area contributed by atoms with E-state index in [1.165, 1.54) is 0 Å². The molecular weight excluding hydrogens is 356 g/mol. The monoisotopic (exact) mass is 386 g/mol. The number of nitrogens with zero attached hydrogens (tertiary/aromatic N) is 1. The van der Waals surface area contributed by atoms with Gasteiger partial charge in [0.05, 0.1) is 17.2 Å². The Morgan fingerprint density at radius 2 is 2.00 bits per heavy atom. The number of allylic oxidation sites excluding steroid dienone is 7. The number of carbonyl (C=O) groups excluding carboxylic acids is 1. The van der Waals surface area contributed by atoms with Gasteiger partial charge in [0.2, 0.25) is 0 Å². The maximum atomic E-state index is 12.0. The van der Waals surface area contributed by atoms with Crippen molar-refractivity contribution >= 4 is 17.7 Å². The molecule has 0 aromatic carbocycles. The lowest BCUT2D eigenvalue weighted by molar-refractivity contribution is 0.0999. The Balaban J connectivity index is 3.53. The van der Waals surface area contributed by atoms with Gasteiger partial charge in [-0.15, -0.1) is 0 Å². The smallest absolute Gasteiger partial charge is 0.250 e. The van der Waals surface area contributed by atoms with E-state index in [1.807, 2.05) is 65.0 Å². The van der Waals surface area contributed by atoms with E-state index in [1.54, 1.807) is 17.8 Å². The van der Waals surface area contributed by atoms with Crippen LogP contribution in [-0.2, 0) is 6.54 Å². The van der Waals surface area contributed by atoms with E-state index in [2.05, 4.69) is 11.1 Å². The number of hydrogen-bond acceptors (Lipinski definition) is 3. The predicted octanol–water partition coefficient (Wildman–Crippen LogP) is 4.83. The zero-order chi connectivity index (χ0) is 20.6. The lowest BCUT2D eigenvalue weighted by Crippen LogP contribution is -2.13. The summed E-state index contributed by atoms with van der Waals surface area (Å²) in [6.45, 7) is 14.1. The Bertz CT molecular complexity index is 824. The van der Waals surface area contributed by atoms with Gasteiger partial charge in [-0.1, -0.05) is 48.7 Å². The number of carbonyl (C=O) groups is 1. The molecule has 0 aliphatic heterocycles. The Kier molecular flexibility index (Phi) is 9.12. The van der Waals surface area contributed by atoms with Crippen molar-refractivity contribution < 1.29 is 9.90 Å². The molecule has 0 unspecified atom stereocenters. The fraction of sp³-hybridized carbons (Fsp3) is 0.318. The minimum Gasteiger partial charge on any atom is -0.392 e. The van der Waals surface area contributed by atoms with Gasteiger partial charge >= 0.3 is 0 Å². The standard InChI is InChI=1S/C22H30N2O2S/c1-7-10-18(11-8-2)13-24-17(6)20(21(23)26)16(5)22(24)27-19(9-3)12-15(4)14-25/h7-12,25H,1,13-14H2,2-6H3,(H2,23,26)/b11-8-,15-12+,18-10+,19-9+. The normalized spacial score (nSPS) is 13.5. The van der Waals surface area contributed by atoms with Crippen LogP contribution in [0.4, 0.5) is 0 Å². The topological polar surface area (TPSA) is 68.2 Å². The summed E-state index contributed by atoms with van der Waals surface area (Å²) in [5, 5.41) is 10.3. The fourth-order valence-corrected chi connectivity index (χ4v) is 4.00. The third-order valence-electron chi connectivity index (χ3n) is 4.14. The third-order valence-corrected chi connectivity index (χ3v) is 5.45. The molecule has 0 aliphatic carbocycles. The van der Waals surface area contributed by atoms with Gasteiger partial charge in [0.1, 0.15) is 0 Å². The molecule has 0 saturated heterocycles. The average Bonchev–Trinajstić information content (AvgIpc) is 2.85. The third kappa shape index (κ3) is 5.88. The predicted molar refractivity (Wildman–Crippen MR) is 116 cm³/mol. The maximum Gasteiger partial charge on any atom is 0.250 e. The quantitative estimate of drug-likeness (QED) is 0.472. The van der Waals surface area contributed by atoms with Crippen molar-refractivity contribution in [2.75, 3.05) is 6.61 Å². The molecule has 5 heteroatoms. The fourth-order valence-electron chi connectivity index (χ4n) is 2.83. The molecule has 146 valence electrons. The Morgan fingerprint density at radius 3 is 2.48 bits per heavy atom. The van der Waals surface area contributed by atoms with Crippen LogP contribution in [0.5, 0.6) is 0 Å². The molecule has 1 heterocycles. The summed E-state index contributed by atoms with van der Waals surface area (Å²) in [7, 11) is 0. The first-order chi connectivity index (χ1) is 12.8. The first-order valence-electron chi connectivity index (χ1n) is 8.86. The van der Waals surface area contributed by atoms with Gasteiger partial charge in [-0.25, -0.2) is 0 Å². The van der Waals surface area contributed by atoms with Crippen molar-refractivity contribution in [1.82, 2.24) is 4.57 Å². The number of rotatable bonds is 9. The van der Waals surface area contributed by atoms with Gasteiger partial charge in [-0.05, 0) is 57.4 Å². The summed E-state index contributed by atoms with van der Waals surface area (Å²) >= 11 is 1.57. The number of primary amides is 1. The van der Waals surface area contributed by atoms with Gasteiger partial charge in [-0.3, -0.25) is 4.79 Å². The summed E-state index contributed by atoms with van der Waals surface area (Å²) < 4.78 is 2.11. The molecule has 3 N–H and O–H groups in total. The van der Waals surface area contributed by atoms with Crippen LogP contribution >= 0.6 is 11.8 Å². The van der Waals surface area contributed by atoms with Crippen LogP contribution in [0.1, 0.15) is 42.4 Å².